The number of para-hydroxylation sites is 1. The Morgan fingerprint density at radius 3 is 2.44 bits per heavy atom. The van der Waals surface area contributed by atoms with Crippen molar-refractivity contribution < 1.29 is 4.79 Å². The minimum atomic E-state index is -0.268. The molecule has 3 N–H and O–H groups in total. The second-order valence-electron chi connectivity index (χ2n) is 8.50. The van der Waals surface area contributed by atoms with Crippen molar-refractivity contribution in [3.8, 4) is 0 Å². The molecule has 1 aromatic heterocycles. The minimum absolute atomic E-state index is 0.268. The van der Waals surface area contributed by atoms with Crippen molar-refractivity contribution in [3.05, 3.63) is 72.4 Å². The summed E-state index contributed by atoms with van der Waals surface area (Å²) < 4.78 is 0. The van der Waals surface area contributed by atoms with Crippen LogP contribution in [0.5, 0.6) is 0 Å². The first-order valence-corrected chi connectivity index (χ1v) is 11.4. The summed E-state index contributed by atoms with van der Waals surface area (Å²) in [6, 6.07) is 14.1. The van der Waals surface area contributed by atoms with E-state index in [1.807, 2.05) is 44.2 Å². The third-order valence-electron chi connectivity index (χ3n) is 5.92. The molecule has 1 aliphatic rings. The molecule has 1 fully saturated rings. The van der Waals surface area contributed by atoms with Crippen LogP contribution in [0, 0.1) is 13.8 Å². The zero-order valence-electron chi connectivity index (χ0n) is 19.9. The number of amides is 1. The zero-order valence-corrected chi connectivity index (χ0v) is 19.9. The SMILES string of the molecule is C=CC(=O)Nc1cccc(C)c1Nc1nc(Nc2ccc(N3CCN(C)CC3)cc2)ncc1C. The van der Waals surface area contributed by atoms with Crippen molar-refractivity contribution in [2.75, 3.05) is 54.1 Å². The summed E-state index contributed by atoms with van der Waals surface area (Å²) in [4.78, 5) is 25.7. The normalized spacial score (nSPS) is 13.9. The number of anilines is 6. The van der Waals surface area contributed by atoms with Crippen LogP contribution in [-0.2, 0) is 4.79 Å². The molecule has 8 heteroatoms. The van der Waals surface area contributed by atoms with Crippen LogP contribution in [0.2, 0.25) is 0 Å². The van der Waals surface area contributed by atoms with Crippen LogP contribution in [0.1, 0.15) is 11.1 Å². The van der Waals surface area contributed by atoms with Gasteiger partial charge in [0.2, 0.25) is 11.9 Å². The average molecular weight is 458 g/mol. The molecule has 2 heterocycles. The lowest BCUT2D eigenvalue weighted by atomic mass is 10.1. The monoisotopic (exact) mass is 457 g/mol. The van der Waals surface area contributed by atoms with Crippen LogP contribution < -0.4 is 20.9 Å². The Hall–Kier alpha value is -3.91. The number of aryl methyl sites for hydroxylation is 2. The van der Waals surface area contributed by atoms with Gasteiger partial charge in [-0.2, -0.15) is 4.98 Å². The predicted molar refractivity (Wildman–Crippen MR) is 139 cm³/mol. The molecule has 176 valence electrons. The molecular weight excluding hydrogens is 426 g/mol. The lowest BCUT2D eigenvalue weighted by Crippen LogP contribution is -2.44. The molecule has 34 heavy (non-hydrogen) atoms. The molecule has 1 aliphatic heterocycles. The third-order valence-corrected chi connectivity index (χ3v) is 5.92. The first kappa shape index (κ1) is 23.3. The molecule has 0 radical (unpaired) electrons. The minimum Gasteiger partial charge on any atom is -0.369 e. The summed E-state index contributed by atoms with van der Waals surface area (Å²) in [5.41, 5.74) is 5.45. The molecule has 3 aromatic rings. The molecule has 0 atom stereocenters. The number of hydrogen-bond donors (Lipinski definition) is 3. The molecule has 8 nitrogen and oxygen atoms in total. The van der Waals surface area contributed by atoms with Gasteiger partial charge in [-0.3, -0.25) is 4.79 Å². The van der Waals surface area contributed by atoms with Crippen LogP contribution in [0.25, 0.3) is 0 Å². The lowest BCUT2D eigenvalue weighted by Gasteiger charge is -2.34. The maximum absolute atomic E-state index is 11.9. The van der Waals surface area contributed by atoms with Gasteiger partial charge in [-0.15, -0.1) is 0 Å². The number of carbonyl (C=O) groups excluding carboxylic acids is 1. The number of hydrogen-bond acceptors (Lipinski definition) is 7. The van der Waals surface area contributed by atoms with E-state index in [0.717, 1.165) is 48.7 Å². The Labute approximate surface area is 200 Å². The smallest absolute Gasteiger partial charge is 0.247 e. The van der Waals surface area contributed by atoms with E-state index in [1.54, 1.807) is 6.20 Å². The molecule has 0 spiro atoms. The van der Waals surface area contributed by atoms with E-state index in [1.165, 1.54) is 11.8 Å². The highest BCUT2D eigenvalue weighted by molar-refractivity contribution is 6.01. The number of rotatable bonds is 7. The van der Waals surface area contributed by atoms with Crippen molar-refractivity contribution >= 4 is 40.4 Å². The number of benzene rings is 2. The van der Waals surface area contributed by atoms with Crippen LogP contribution in [0.15, 0.2) is 61.3 Å². The van der Waals surface area contributed by atoms with Gasteiger partial charge in [0.05, 0.1) is 11.4 Å². The van der Waals surface area contributed by atoms with Gasteiger partial charge in [0.1, 0.15) is 5.82 Å². The Balaban J connectivity index is 1.50. The molecule has 0 aliphatic carbocycles. The molecule has 1 amide bonds. The lowest BCUT2D eigenvalue weighted by molar-refractivity contribution is -0.111. The van der Waals surface area contributed by atoms with Gasteiger partial charge in [0, 0.05) is 49.3 Å². The number of nitrogens with one attached hydrogen (secondary N) is 3. The van der Waals surface area contributed by atoms with Crippen molar-refractivity contribution in [1.82, 2.24) is 14.9 Å². The zero-order chi connectivity index (χ0) is 24.1. The van der Waals surface area contributed by atoms with E-state index in [-0.39, 0.29) is 5.91 Å². The second-order valence-corrected chi connectivity index (χ2v) is 8.50. The second kappa shape index (κ2) is 10.4. The fourth-order valence-corrected chi connectivity index (χ4v) is 3.82. The molecule has 1 saturated heterocycles. The van der Waals surface area contributed by atoms with Crippen LogP contribution in [-0.4, -0.2) is 54.0 Å². The topological polar surface area (TPSA) is 85.4 Å². The van der Waals surface area contributed by atoms with Gasteiger partial charge in [-0.25, -0.2) is 4.98 Å². The number of nitrogens with zero attached hydrogens (tertiary/aromatic N) is 4. The Morgan fingerprint density at radius 2 is 1.74 bits per heavy atom. The Morgan fingerprint density at radius 1 is 1.00 bits per heavy atom. The summed E-state index contributed by atoms with van der Waals surface area (Å²) in [5, 5.41) is 9.51. The van der Waals surface area contributed by atoms with E-state index in [9.17, 15) is 4.79 Å². The Bertz CT molecular complexity index is 1170. The van der Waals surface area contributed by atoms with Crippen molar-refractivity contribution in [3.63, 3.8) is 0 Å². The van der Waals surface area contributed by atoms with Crippen LogP contribution in [0.3, 0.4) is 0 Å². The predicted octanol–water partition coefficient (Wildman–Crippen LogP) is 4.46. The number of aromatic nitrogens is 2. The fraction of sp³-hybridized carbons (Fsp3) is 0.269. The van der Waals surface area contributed by atoms with E-state index in [0.29, 0.717) is 17.5 Å². The fourth-order valence-electron chi connectivity index (χ4n) is 3.82. The van der Waals surface area contributed by atoms with Gasteiger partial charge >= 0.3 is 0 Å². The van der Waals surface area contributed by atoms with Gasteiger partial charge in [0.25, 0.3) is 0 Å². The standard InChI is InChI=1S/C26H31N7O/c1-5-23(34)29-22-8-6-7-18(2)24(22)30-25-19(3)17-27-26(31-25)28-20-9-11-21(12-10-20)33-15-13-32(4)14-16-33/h5-12,17H,1,13-16H2,2-4H3,(H,29,34)(H2,27,28,30,31). The van der Waals surface area contributed by atoms with Gasteiger partial charge < -0.3 is 25.8 Å². The van der Waals surface area contributed by atoms with Crippen molar-refractivity contribution in [1.29, 1.82) is 0 Å². The van der Waals surface area contributed by atoms with E-state index >= 15 is 0 Å². The largest absolute Gasteiger partial charge is 0.369 e. The van der Waals surface area contributed by atoms with E-state index in [4.69, 9.17) is 0 Å². The molecular formula is C26H31N7O. The van der Waals surface area contributed by atoms with Crippen LogP contribution >= 0.6 is 0 Å². The van der Waals surface area contributed by atoms with Crippen molar-refractivity contribution in [2.45, 2.75) is 13.8 Å². The first-order chi connectivity index (χ1) is 16.4. The summed E-state index contributed by atoms with van der Waals surface area (Å²) in [6.07, 6.45) is 3.02. The average Bonchev–Trinajstić information content (AvgIpc) is 2.84. The highest BCUT2D eigenvalue weighted by Gasteiger charge is 2.15. The highest BCUT2D eigenvalue weighted by Crippen LogP contribution is 2.30. The molecule has 0 unspecified atom stereocenters. The van der Waals surface area contributed by atoms with E-state index < -0.39 is 0 Å². The molecule has 0 bridgehead atoms. The molecule has 0 saturated carbocycles. The van der Waals surface area contributed by atoms with E-state index in [2.05, 4.69) is 61.5 Å². The van der Waals surface area contributed by atoms with Gasteiger partial charge in [0.15, 0.2) is 0 Å². The highest BCUT2D eigenvalue weighted by atomic mass is 16.1. The maximum atomic E-state index is 11.9. The van der Waals surface area contributed by atoms with Crippen molar-refractivity contribution in [2.24, 2.45) is 0 Å². The Kier molecular flexibility index (Phi) is 7.08. The first-order valence-electron chi connectivity index (χ1n) is 11.4. The van der Waals surface area contributed by atoms with Gasteiger partial charge in [-0.1, -0.05) is 18.7 Å². The third kappa shape index (κ3) is 5.52. The van der Waals surface area contributed by atoms with Gasteiger partial charge in [-0.05, 0) is 62.9 Å². The number of carbonyl (C=O) groups is 1. The summed E-state index contributed by atoms with van der Waals surface area (Å²) in [5.74, 6) is 0.885. The molecule has 4 rings (SSSR count). The molecule has 2 aromatic carbocycles. The summed E-state index contributed by atoms with van der Waals surface area (Å²) in [6.45, 7) is 11.7. The quantitative estimate of drug-likeness (QED) is 0.452. The number of piperazine rings is 1. The number of likely N-dealkylation sites (N-methyl/N-ethyl adjacent to an activating group) is 1. The van der Waals surface area contributed by atoms with Crippen LogP contribution in [0.4, 0.5) is 34.5 Å². The summed E-state index contributed by atoms with van der Waals surface area (Å²) in [7, 11) is 2.16. The maximum Gasteiger partial charge on any atom is 0.247 e. The summed E-state index contributed by atoms with van der Waals surface area (Å²) >= 11 is 0.